The molecule has 2 aliphatic heterocycles. The number of benzene rings is 1. The van der Waals surface area contributed by atoms with Gasteiger partial charge < -0.3 is 20.5 Å². The van der Waals surface area contributed by atoms with Crippen molar-refractivity contribution in [3.63, 3.8) is 0 Å². The molecule has 2 fully saturated rings. The largest absolute Gasteiger partial charge is 0.390 e. The number of nitrogens with two attached hydrogens (primary N) is 1. The van der Waals surface area contributed by atoms with Gasteiger partial charge in [-0.05, 0) is 25.8 Å². The van der Waals surface area contributed by atoms with Gasteiger partial charge in [-0.15, -0.1) is 0 Å². The molecule has 0 unspecified atom stereocenters. The average molecular weight is 463 g/mol. The van der Waals surface area contributed by atoms with Gasteiger partial charge >= 0.3 is 0 Å². The standard InChI is InChI=1S/C21H26N6O2.2H2S/c1-13-19(22)21(12-29-13)4-6-27(7-5-21)20-18(11-28)25-17(10-23-20)14-2-3-15-9-24-26-16(15)8-14;;/h2-3,8-10,13,19,28H,4-7,11-12,22H2,1H3,(H,24,26);2*1H2/t13-,19+;;/m0../s1. The van der Waals surface area contributed by atoms with Gasteiger partial charge in [-0.25, -0.2) is 9.97 Å². The molecule has 168 valence electrons. The van der Waals surface area contributed by atoms with E-state index in [2.05, 4.69) is 27.0 Å². The molecule has 2 atom stereocenters. The number of rotatable bonds is 3. The molecule has 1 spiro atoms. The Hall–Kier alpha value is -1.85. The molecule has 10 heteroatoms. The summed E-state index contributed by atoms with van der Waals surface area (Å²) in [5, 5.41) is 18.0. The highest BCUT2D eigenvalue weighted by atomic mass is 32.1. The van der Waals surface area contributed by atoms with Crippen molar-refractivity contribution >= 4 is 43.7 Å². The second-order valence-electron chi connectivity index (χ2n) is 8.25. The number of nitrogens with zero attached hydrogens (tertiary/aromatic N) is 4. The Bertz CT molecular complexity index is 1040. The molecule has 2 aliphatic rings. The molecule has 2 aromatic heterocycles. The van der Waals surface area contributed by atoms with Crippen molar-refractivity contribution in [3.05, 3.63) is 36.3 Å². The fourth-order valence-electron chi connectivity index (χ4n) is 4.66. The average Bonchev–Trinajstić information content (AvgIpc) is 3.34. The van der Waals surface area contributed by atoms with Crippen LogP contribution in [0.4, 0.5) is 5.82 Å². The van der Waals surface area contributed by atoms with Crippen molar-refractivity contribution in [2.45, 2.75) is 38.5 Å². The van der Waals surface area contributed by atoms with E-state index < -0.39 is 0 Å². The number of aromatic nitrogens is 4. The van der Waals surface area contributed by atoms with Crippen LogP contribution in [-0.4, -0.2) is 57.1 Å². The molecule has 8 nitrogen and oxygen atoms in total. The third-order valence-electron chi connectivity index (χ3n) is 6.62. The first-order valence-electron chi connectivity index (χ1n) is 10.1. The van der Waals surface area contributed by atoms with E-state index in [4.69, 9.17) is 15.5 Å². The molecule has 4 heterocycles. The van der Waals surface area contributed by atoms with Gasteiger partial charge in [0.05, 0.1) is 42.9 Å². The first-order valence-corrected chi connectivity index (χ1v) is 10.1. The van der Waals surface area contributed by atoms with Gasteiger partial charge in [0, 0.05) is 35.5 Å². The van der Waals surface area contributed by atoms with E-state index in [1.54, 1.807) is 12.4 Å². The van der Waals surface area contributed by atoms with E-state index in [1.807, 2.05) is 18.2 Å². The summed E-state index contributed by atoms with van der Waals surface area (Å²) in [6, 6.07) is 6.07. The van der Waals surface area contributed by atoms with E-state index in [-0.39, 0.29) is 51.2 Å². The first kappa shape index (κ1) is 23.8. The highest BCUT2D eigenvalue weighted by Crippen LogP contribution is 2.42. The van der Waals surface area contributed by atoms with Crippen LogP contribution in [0.15, 0.2) is 30.6 Å². The SMILES string of the molecule is C[C@@H]1OCC2(CCN(c3ncc(-c4ccc5cn[nH]c5c4)nc3CO)CC2)[C@@H]1N.S.S. The van der Waals surface area contributed by atoms with Gasteiger partial charge in [0.2, 0.25) is 0 Å². The zero-order chi connectivity index (χ0) is 20.0. The van der Waals surface area contributed by atoms with Gasteiger partial charge in [-0.3, -0.25) is 5.10 Å². The molecule has 0 radical (unpaired) electrons. The number of aromatic amines is 1. The topological polar surface area (TPSA) is 113 Å². The number of piperidine rings is 1. The Balaban J connectivity index is 0.00000136. The van der Waals surface area contributed by atoms with Crippen LogP contribution >= 0.6 is 27.0 Å². The van der Waals surface area contributed by atoms with E-state index in [9.17, 15) is 5.11 Å². The molecular weight excluding hydrogens is 432 g/mol. The minimum Gasteiger partial charge on any atom is -0.390 e. The summed E-state index contributed by atoms with van der Waals surface area (Å²) in [5.41, 5.74) is 9.71. The molecule has 5 rings (SSSR count). The number of hydrogen-bond acceptors (Lipinski definition) is 7. The number of ether oxygens (including phenoxy) is 1. The van der Waals surface area contributed by atoms with E-state index in [0.29, 0.717) is 5.69 Å². The van der Waals surface area contributed by atoms with Gasteiger partial charge in [-0.2, -0.15) is 32.1 Å². The van der Waals surface area contributed by atoms with Crippen molar-refractivity contribution in [2.24, 2.45) is 11.1 Å². The normalized spacial score (nSPS) is 22.4. The third kappa shape index (κ3) is 4.14. The van der Waals surface area contributed by atoms with Crippen molar-refractivity contribution < 1.29 is 9.84 Å². The van der Waals surface area contributed by atoms with Crippen molar-refractivity contribution in [1.29, 1.82) is 0 Å². The van der Waals surface area contributed by atoms with Gasteiger partial charge in [0.25, 0.3) is 0 Å². The Morgan fingerprint density at radius 3 is 2.71 bits per heavy atom. The van der Waals surface area contributed by atoms with E-state index in [1.165, 1.54) is 0 Å². The van der Waals surface area contributed by atoms with Crippen molar-refractivity contribution in [3.8, 4) is 11.3 Å². The molecule has 0 saturated carbocycles. The molecule has 0 aliphatic carbocycles. The van der Waals surface area contributed by atoms with Gasteiger partial charge in [0.15, 0.2) is 5.82 Å². The number of aliphatic hydroxyl groups is 1. The van der Waals surface area contributed by atoms with E-state index >= 15 is 0 Å². The number of anilines is 1. The predicted octanol–water partition coefficient (Wildman–Crippen LogP) is 2.07. The quantitative estimate of drug-likeness (QED) is 0.546. The molecule has 4 N–H and O–H groups in total. The van der Waals surface area contributed by atoms with Crippen LogP contribution in [0, 0.1) is 5.41 Å². The number of nitrogens with one attached hydrogen (secondary N) is 1. The smallest absolute Gasteiger partial charge is 0.152 e. The minimum absolute atomic E-state index is 0. The van der Waals surface area contributed by atoms with Crippen LogP contribution < -0.4 is 10.6 Å². The summed E-state index contributed by atoms with van der Waals surface area (Å²) in [4.78, 5) is 11.6. The molecule has 2 saturated heterocycles. The lowest BCUT2D eigenvalue weighted by molar-refractivity contribution is 0.0973. The molecule has 0 bridgehead atoms. The lowest BCUT2D eigenvalue weighted by atomic mass is 9.73. The predicted molar refractivity (Wildman–Crippen MR) is 131 cm³/mol. The summed E-state index contributed by atoms with van der Waals surface area (Å²) in [6.45, 7) is 4.32. The monoisotopic (exact) mass is 462 g/mol. The highest BCUT2D eigenvalue weighted by Gasteiger charge is 2.47. The zero-order valence-corrected chi connectivity index (χ0v) is 19.5. The lowest BCUT2D eigenvalue weighted by Crippen LogP contribution is -2.51. The summed E-state index contributed by atoms with van der Waals surface area (Å²) in [7, 11) is 0. The maximum atomic E-state index is 9.96. The molecule has 3 aromatic rings. The highest BCUT2D eigenvalue weighted by molar-refractivity contribution is 7.59. The Kier molecular flexibility index (Phi) is 7.17. The van der Waals surface area contributed by atoms with Crippen molar-refractivity contribution in [2.75, 3.05) is 24.6 Å². The number of fused-ring (bicyclic) bond motifs is 1. The third-order valence-corrected chi connectivity index (χ3v) is 6.62. The maximum Gasteiger partial charge on any atom is 0.152 e. The Labute approximate surface area is 195 Å². The zero-order valence-electron chi connectivity index (χ0n) is 17.5. The van der Waals surface area contributed by atoms with Crippen LogP contribution in [0.3, 0.4) is 0 Å². The van der Waals surface area contributed by atoms with Crippen LogP contribution in [0.25, 0.3) is 22.2 Å². The van der Waals surface area contributed by atoms with Crippen LogP contribution in [-0.2, 0) is 11.3 Å². The molecule has 31 heavy (non-hydrogen) atoms. The summed E-state index contributed by atoms with van der Waals surface area (Å²) < 4.78 is 5.82. The fraction of sp³-hybridized carbons (Fsp3) is 0.476. The number of hydrogen-bond donors (Lipinski definition) is 3. The second kappa shape index (κ2) is 9.33. The molecule has 1 aromatic carbocycles. The van der Waals surface area contributed by atoms with Crippen LogP contribution in [0.1, 0.15) is 25.5 Å². The Morgan fingerprint density at radius 1 is 1.26 bits per heavy atom. The lowest BCUT2D eigenvalue weighted by Gasteiger charge is -2.41. The Morgan fingerprint density at radius 2 is 2.03 bits per heavy atom. The molecular formula is C21H30N6O2S2. The summed E-state index contributed by atoms with van der Waals surface area (Å²) >= 11 is 0. The van der Waals surface area contributed by atoms with Gasteiger partial charge in [0.1, 0.15) is 5.69 Å². The minimum atomic E-state index is -0.149. The summed E-state index contributed by atoms with van der Waals surface area (Å²) in [5.74, 6) is 0.759. The second-order valence-corrected chi connectivity index (χ2v) is 8.25. The summed E-state index contributed by atoms with van der Waals surface area (Å²) in [6.07, 6.45) is 5.61. The number of H-pyrrole nitrogens is 1. The van der Waals surface area contributed by atoms with E-state index in [0.717, 1.165) is 60.5 Å². The van der Waals surface area contributed by atoms with Crippen LogP contribution in [0.5, 0.6) is 0 Å². The maximum absolute atomic E-state index is 9.96. The fourth-order valence-corrected chi connectivity index (χ4v) is 4.66. The van der Waals surface area contributed by atoms with Crippen LogP contribution in [0.2, 0.25) is 0 Å². The first-order chi connectivity index (χ1) is 14.1. The molecule has 0 amide bonds. The van der Waals surface area contributed by atoms with Crippen molar-refractivity contribution in [1.82, 2.24) is 20.2 Å². The van der Waals surface area contributed by atoms with Gasteiger partial charge in [-0.1, -0.05) is 12.1 Å². The number of aliphatic hydroxyl groups excluding tert-OH is 1.